The molecule has 0 atom stereocenters. The Morgan fingerprint density at radius 3 is 2.54 bits per heavy atom. The monoisotopic (exact) mass is 528 g/mol. The first-order valence-corrected chi connectivity index (χ1v) is 12.1. The lowest BCUT2D eigenvalue weighted by molar-refractivity contribution is -0.137. The highest BCUT2D eigenvalue weighted by Crippen LogP contribution is 2.30. The average molecular weight is 529 g/mol. The number of pyridine rings is 3. The molecule has 5 aromatic rings. The summed E-state index contributed by atoms with van der Waals surface area (Å²) in [5.41, 5.74) is 3.43. The van der Waals surface area contributed by atoms with Gasteiger partial charge in [0.25, 0.3) is 11.5 Å². The second-order valence-corrected chi connectivity index (χ2v) is 9.26. The zero-order chi connectivity index (χ0) is 27.7. The Kier molecular flexibility index (Phi) is 6.74. The highest BCUT2D eigenvalue weighted by molar-refractivity contribution is 6.04. The van der Waals surface area contributed by atoms with Gasteiger partial charge in [0.1, 0.15) is 0 Å². The number of amides is 1. The quantitative estimate of drug-likeness (QED) is 0.296. The Labute approximate surface area is 221 Å². The maximum atomic E-state index is 13.4. The van der Waals surface area contributed by atoms with Gasteiger partial charge in [-0.25, -0.2) is 0 Å². The summed E-state index contributed by atoms with van der Waals surface area (Å²) in [7, 11) is 1.69. The van der Waals surface area contributed by atoms with Crippen LogP contribution in [0.2, 0.25) is 0 Å². The minimum atomic E-state index is -4.56. The van der Waals surface area contributed by atoms with E-state index in [-0.39, 0.29) is 11.1 Å². The molecule has 3 aromatic heterocycles. The Morgan fingerprint density at radius 2 is 1.79 bits per heavy atom. The van der Waals surface area contributed by atoms with E-state index in [1.807, 2.05) is 25.1 Å². The first kappa shape index (κ1) is 25.8. The molecule has 0 aliphatic carbocycles. The number of hydrogen-bond donors (Lipinski definition) is 1. The van der Waals surface area contributed by atoms with Crippen LogP contribution in [0.15, 0.2) is 90.1 Å². The predicted molar refractivity (Wildman–Crippen MR) is 144 cm³/mol. The van der Waals surface area contributed by atoms with E-state index in [2.05, 4.69) is 15.3 Å². The molecule has 6 nitrogen and oxygen atoms in total. The first-order chi connectivity index (χ1) is 18.6. The molecule has 0 saturated carbocycles. The van der Waals surface area contributed by atoms with Crippen LogP contribution >= 0.6 is 0 Å². The van der Waals surface area contributed by atoms with Gasteiger partial charge < -0.3 is 9.88 Å². The molecule has 2 aromatic carbocycles. The fraction of sp³-hybridized carbons (Fsp3) is 0.133. The van der Waals surface area contributed by atoms with Gasteiger partial charge in [0, 0.05) is 60.0 Å². The highest BCUT2D eigenvalue weighted by Gasteiger charge is 2.31. The third-order valence-electron chi connectivity index (χ3n) is 6.51. The molecule has 1 amide bonds. The van der Waals surface area contributed by atoms with Crippen molar-refractivity contribution in [1.29, 1.82) is 0 Å². The molecular formula is C30H23F3N4O2. The van der Waals surface area contributed by atoms with Gasteiger partial charge in [-0.3, -0.25) is 19.6 Å². The van der Waals surface area contributed by atoms with Crippen LogP contribution in [0.5, 0.6) is 0 Å². The Morgan fingerprint density at radius 1 is 0.974 bits per heavy atom. The Hall–Kier alpha value is -4.79. The molecule has 0 aliphatic heterocycles. The maximum Gasteiger partial charge on any atom is 0.416 e. The molecule has 3 heterocycles. The van der Waals surface area contributed by atoms with E-state index in [0.29, 0.717) is 23.2 Å². The van der Waals surface area contributed by atoms with Gasteiger partial charge >= 0.3 is 6.18 Å². The summed E-state index contributed by atoms with van der Waals surface area (Å²) >= 11 is 0. The average Bonchev–Trinajstić information content (AvgIpc) is 2.92. The van der Waals surface area contributed by atoms with Crippen molar-refractivity contribution in [3.63, 3.8) is 0 Å². The second-order valence-electron chi connectivity index (χ2n) is 9.26. The van der Waals surface area contributed by atoms with Crippen molar-refractivity contribution in [1.82, 2.24) is 14.5 Å². The molecule has 5 rings (SSSR count). The lowest BCUT2D eigenvalue weighted by Gasteiger charge is -2.14. The van der Waals surface area contributed by atoms with E-state index in [9.17, 15) is 22.8 Å². The topological polar surface area (TPSA) is 76.9 Å². The number of rotatable bonds is 5. The van der Waals surface area contributed by atoms with Gasteiger partial charge in [-0.1, -0.05) is 18.2 Å². The number of benzene rings is 2. The van der Waals surface area contributed by atoms with Crippen molar-refractivity contribution < 1.29 is 18.0 Å². The molecule has 0 fully saturated rings. The van der Waals surface area contributed by atoms with Gasteiger partial charge in [0.05, 0.1) is 11.1 Å². The zero-order valence-corrected chi connectivity index (χ0v) is 21.1. The molecular weight excluding hydrogens is 505 g/mol. The van der Waals surface area contributed by atoms with Crippen molar-refractivity contribution in [2.45, 2.75) is 19.5 Å². The summed E-state index contributed by atoms with van der Waals surface area (Å²) in [4.78, 5) is 34.9. The number of fused-ring (bicyclic) bond motifs is 1. The molecule has 0 unspecified atom stereocenters. The van der Waals surface area contributed by atoms with E-state index < -0.39 is 17.6 Å². The number of nitrogens with one attached hydrogen (secondary N) is 1. The Bertz CT molecular complexity index is 1760. The van der Waals surface area contributed by atoms with Gasteiger partial charge in [0.2, 0.25) is 0 Å². The third kappa shape index (κ3) is 5.43. The maximum absolute atomic E-state index is 13.4. The lowest BCUT2D eigenvalue weighted by atomic mass is 9.99. The van der Waals surface area contributed by atoms with Crippen molar-refractivity contribution in [2.24, 2.45) is 7.05 Å². The summed E-state index contributed by atoms with van der Waals surface area (Å²) in [5, 5.41) is 3.41. The number of anilines is 1. The fourth-order valence-corrected chi connectivity index (χ4v) is 4.44. The number of hydrogen-bond acceptors (Lipinski definition) is 4. The second kappa shape index (κ2) is 10.2. The number of carbonyl (C=O) groups excluding carboxylic acids is 1. The molecule has 0 saturated heterocycles. The molecule has 0 aliphatic rings. The summed E-state index contributed by atoms with van der Waals surface area (Å²) in [6, 6.07) is 16.7. The van der Waals surface area contributed by atoms with Gasteiger partial charge in [-0.2, -0.15) is 13.2 Å². The number of halogens is 3. The van der Waals surface area contributed by atoms with E-state index >= 15 is 0 Å². The van der Waals surface area contributed by atoms with Crippen LogP contribution in [0.25, 0.3) is 22.0 Å². The summed E-state index contributed by atoms with van der Waals surface area (Å²) < 4.78 is 40.8. The van der Waals surface area contributed by atoms with Crippen LogP contribution < -0.4 is 10.9 Å². The lowest BCUT2D eigenvalue weighted by Crippen LogP contribution is -2.20. The van der Waals surface area contributed by atoms with Crippen LogP contribution in [0.3, 0.4) is 0 Å². The molecule has 9 heteroatoms. The molecule has 0 radical (unpaired) electrons. The van der Waals surface area contributed by atoms with Crippen LogP contribution in [-0.4, -0.2) is 20.4 Å². The van der Waals surface area contributed by atoms with E-state index in [1.165, 1.54) is 12.1 Å². The minimum Gasteiger partial charge on any atom is -0.322 e. The minimum absolute atomic E-state index is 0.123. The number of aryl methyl sites for hydroxylation is 2. The normalized spacial score (nSPS) is 11.5. The standard InChI is InChI=1S/C30H23F3N4O2/c1-18-8-9-23(36-28(38)20-6-3-7-22(12-20)30(31,32)33)14-25(18)26-13-21-17-35-24(11-19-5-4-10-34-16-19)15-27(21)37(2)29(26)39/h3-10,12-17H,11H2,1-2H3,(H,36,38). The largest absolute Gasteiger partial charge is 0.416 e. The number of alkyl halides is 3. The number of carbonyl (C=O) groups is 1. The zero-order valence-electron chi connectivity index (χ0n) is 21.1. The fourth-order valence-electron chi connectivity index (χ4n) is 4.44. The van der Waals surface area contributed by atoms with Crippen molar-refractivity contribution in [3.05, 3.63) is 124 Å². The van der Waals surface area contributed by atoms with Crippen molar-refractivity contribution in [2.75, 3.05) is 5.32 Å². The predicted octanol–water partition coefficient (Wildman–Crippen LogP) is 6.17. The first-order valence-electron chi connectivity index (χ1n) is 12.1. The summed E-state index contributed by atoms with van der Waals surface area (Å²) in [6.07, 6.45) is 1.22. The molecule has 39 heavy (non-hydrogen) atoms. The molecule has 196 valence electrons. The summed E-state index contributed by atoms with van der Waals surface area (Å²) in [5.74, 6) is -0.687. The van der Waals surface area contributed by atoms with Crippen LogP contribution in [0.4, 0.5) is 18.9 Å². The number of aromatic nitrogens is 3. The molecule has 1 N–H and O–H groups in total. The molecule has 0 spiro atoms. The number of nitrogens with zero attached hydrogens (tertiary/aromatic N) is 3. The summed E-state index contributed by atoms with van der Waals surface area (Å²) in [6.45, 7) is 1.84. The van der Waals surface area contributed by atoms with Gasteiger partial charge in [-0.15, -0.1) is 0 Å². The van der Waals surface area contributed by atoms with Gasteiger partial charge in [0.15, 0.2) is 0 Å². The molecule has 0 bridgehead atoms. The Balaban J connectivity index is 1.47. The third-order valence-corrected chi connectivity index (χ3v) is 6.51. The van der Waals surface area contributed by atoms with Crippen LogP contribution in [-0.2, 0) is 19.6 Å². The van der Waals surface area contributed by atoms with Crippen molar-refractivity contribution in [3.8, 4) is 11.1 Å². The van der Waals surface area contributed by atoms with Crippen LogP contribution in [0, 0.1) is 6.92 Å². The smallest absolute Gasteiger partial charge is 0.322 e. The van der Waals surface area contributed by atoms with E-state index in [1.54, 1.807) is 54.5 Å². The van der Waals surface area contributed by atoms with Crippen molar-refractivity contribution >= 4 is 22.5 Å². The van der Waals surface area contributed by atoms with Gasteiger partial charge in [-0.05, 0) is 72.1 Å². The SMILES string of the molecule is Cc1ccc(NC(=O)c2cccc(C(F)(F)F)c2)cc1-c1cc2cnc(Cc3cccnc3)cc2n(C)c1=O. The highest BCUT2D eigenvalue weighted by atomic mass is 19.4. The van der Waals surface area contributed by atoms with E-state index in [4.69, 9.17) is 0 Å². The van der Waals surface area contributed by atoms with E-state index in [0.717, 1.165) is 39.9 Å². The van der Waals surface area contributed by atoms with Crippen LogP contribution in [0.1, 0.15) is 32.7 Å².